The van der Waals surface area contributed by atoms with Gasteiger partial charge in [-0.2, -0.15) is 0 Å². The van der Waals surface area contributed by atoms with E-state index in [1.54, 1.807) is 13.1 Å². The van der Waals surface area contributed by atoms with Gasteiger partial charge in [0.15, 0.2) is 0 Å². The molecule has 0 amide bonds. The fourth-order valence-corrected chi connectivity index (χ4v) is 1.26. The van der Waals surface area contributed by atoms with E-state index in [1.807, 2.05) is 0 Å². The van der Waals surface area contributed by atoms with Gasteiger partial charge in [0.1, 0.15) is 12.0 Å². The average molecular weight is 174 g/mol. The van der Waals surface area contributed by atoms with E-state index in [1.165, 1.54) is 12.4 Å². The highest BCUT2D eigenvalue weighted by atomic mass is 16.2. The molecule has 13 heavy (non-hydrogen) atoms. The van der Waals surface area contributed by atoms with E-state index < -0.39 is 11.6 Å². The number of allylic oxidation sites excluding steroid dienone is 2. The first kappa shape index (κ1) is 7.79. The average Bonchev–Trinajstić information content (AvgIpc) is 2.15. The number of carbonyl (C=O) groups excluding carboxylic acids is 2. The quantitative estimate of drug-likeness (QED) is 0.541. The Kier molecular flexibility index (Phi) is 1.55. The number of nitrogens with zero attached hydrogens (tertiary/aromatic N) is 2. The van der Waals surface area contributed by atoms with Crippen molar-refractivity contribution in [2.45, 2.75) is 6.92 Å². The number of carbonyl (C=O) groups is 2. The molecule has 1 aliphatic carbocycles. The lowest BCUT2D eigenvalue weighted by atomic mass is 9.96. The molecule has 0 N–H and O–H groups in total. The fourth-order valence-electron chi connectivity index (χ4n) is 1.26. The van der Waals surface area contributed by atoms with Crippen LogP contribution in [0.25, 0.3) is 5.57 Å². The maximum absolute atomic E-state index is 11.3. The molecule has 4 nitrogen and oxygen atoms in total. The molecule has 0 bridgehead atoms. The van der Waals surface area contributed by atoms with Gasteiger partial charge in [0, 0.05) is 11.8 Å². The molecule has 0 atom stereocenters. The molecule has 0 aliphatic heterocycles. The van der Waals surface area contributed by atoms with Crippen LogP contribution in [-0.2, 0) is 4.79 Å². The van der Waals surface area contributed by atoms with Gasteiger partial charge in [-0.25, -0.2) is 9.97 Å². The van der Waals surface area contributed by atoms with Crippen molar-refractivity contribution in [3.8, 4) is 0 Å². The smallest absolute Gasteiger partial charge is 0.251 e. The van der Waals surface area contributed by atoms with Gasteiger partial charge in [0.25, 0.3) is 5.78 Å². The van der Waals surface area contributed by atoms with E-state index >= 15 is 0 Å². The van der Waals surface area contributed by atoms with Crippen molar-refractivity contribution in [2.75, 3.05) is 0 Å². The maximum atomic E-state index is 11.3. The van der Waals surface area contributed by atoms with Crippen molar-refractivity contribution in [1.29, 1.82) is 0 Å². The number of hydrogen-bond acceptors (Lipinski definition) is 4. The highest BCUT2D eigenvalue weighted by Gasteiger charge is 2.24. The van der Waals surface area contributed by atoms with Gasteiger partial charge in [0.2, 0.25) is 5.78 Å². The zero-order valence-electron chi connectivity index (χ0n) is 6.94. The summed E-state index contributed by atoms with van der Waals surface area (Å²) in [6.45, 7) is 1.76. The van der Waals surface area contributed by atoms with Crippen molar-refractivity contribution in [3.05, 3.63) is 29.9 Å². The van der Waals surface area contributed by atoms with Crippen LogP contribution in [0.3, 0.4) is 0 Å². The van der Waals surface area contributed by atoms with Gasteiger partial charge in [-0.15, -0.1) is 0 Å². The Hall–Kier alpha value is -1.84. The summed E-state index contributed by atoms with van der Waals surface area (Å²) in [4.78, 5) is 29.9. The molecule has 4 heteroatoms. The third kappa shape index (κ3) is 1.07. The molecule has 1 aromatic rings. The molecular weight excluding hydrogens is 168 g/mol. The predicted molar refractivity (Wildman–Crippen MR) is 45.0 cm³/mol. The highest BCUT2D eigenvalue weighted by molar-refractivity contribution is 6.50. The Morgan fingerprint density at radius 3 is 2.85 bits per heavy atom. The van der Waals surface area contributed by atoms with E-state index in [4.69, 9.17) is 0 Å². The Morgan fingerprint density at radius 1 is 1.31 bits per heavy atom. The molecule has 0 saturated carbocycles. The SMILES string of the molecule is CC1=CC(=O)C(=O)c2ncncc21. The van der Waals surface area contributed by atoms with Crippen LogP contribution in [0, 0.1) is 0 Å². The van der Waals surface area contributed by atoms with Crippen LogP contribution in [0.4, 0.5) is 0 Å². The minimum Gasteiger partial charge on any atom is -0.285 e. The van der Waals surface area contributed by atoms with Crippen molar-refractivity contribution >= 4 is 17.1 Å². The van der Waals surface area contributed by atoms with Crippen molar-refractivity contribution in [1.82, 2.24) is 9.97 Å². The van der Waals surface area contributed by atoms with E-state index in [0.717, 1.165) is 5.57 Å². The Morgan fingerprint density at radius 2 is 2.08 bits per heavy atom. The molecule has 0 unspecified atom stereocenters. The molecule has 1 heterocycles. The second-order valence-electron chi connectivity index (χ2n) is 2.81. The van der Waals surface area contributed by atoms with Crippen LogP contribution in [0.5, 0.6) is 0 Å². The van der Waals surface area contributed by atoms with Gasteiger partial charge in [0.05, 0.1) is 0 Å². The monoisotopic (exact) mass is 174 g/mol. The first-order valence-electron chi connectivity index (χ1n) is 3.77. The van der Waals surface area contributed by atoms with Crippen LogP contribution < -0.4 is 0 Å². The molecule has 64 valence electrons. The molecule has 0 aromatic carbocycles. The van der Waals surface area contributed by atoms with E-state index in [0.29, 0.717) is 5.56 Å². The van der Waals surface area contributed by atoms with Crippen LogP contribution in [0.15, 0.2) is 18.6 Å². The fraction of sp³-hybridized carbons (Fsp3) is 0.111. The summed E-state index contributed by atoms with van der Waals surface area (Å²) in [5.41, 5.74) is 1.59. The topological polar surface area (TPSA) is 59.9 Å². The Bertz CT molecular complexity index is 435. The van der Waals surface area contributed by atoms with Crippen LogP contribution in [-0.4, -0.2) is 21.5 Å². The lowest BCUT2D eigenvalue weighted by Gasteiger charge is -2.09. The van der Waals surface area contributed by atoms with E-state index in [-0.39, 0.29) is 5.69 Å². The molecular formula is C9H6N2O2. The minimum atomic E-state index is -0.553. The van der Waals surface area contributed by atoms with Crippen molar-refractivity contribution in [3.63, 3.8) is 0 Å². The second-order valence-corrected chi connectivity index (χ2v) is 2.81. The van der Waals surface area contributed by atoms with Crippen molar-refractivity contribution in [2.24, 2.45) is 0 Å². The molecule has 0 spiro atoms. The summed E-state index contributed by atoms with van der Waals surface area (Å²) in [7, 11) is 0. The summed E-state index contributed by atoms with van der Waals surface area (Å²) in [5.74, 6) is -1.06. The first-order valence-corrected chi connectivity index (χ1v) is 3.77. The number of rotatable bonds is 0. The zero-order valence-corrected chi connectivity index (χ0v) is 6.94. The predicted octanol–water partition coefficient (Wildman–Crippen LogP) is 0.645. The summed E-state index contributed by atoms with van der Waals surface area (Å²) in [6, 6.07) is 0. The normalized spacial score (nSPS) is 15.3. The lowest BCUT2D eigenvalue weighted by Crippen LogP contribution is -2.19. The summed E-state index contributed by atoms with van der Waals surface area (Å²) in [6.07, 6.45) is 4.12. The Balaban J connectivity index is 2.72. The van der Waals surface area contributed by atoms with Gasteiger partial charge >= 0.3 is 0 Å². The second kappa shape index (κ2) is 2.58. The van der Waals surface area contributed by atoms with Gasteiger partial charge in [-0.3, -0.25) is 9.59 Å². The standard InChI is InChI=1S/C9H6N2O2/c1-5-2-7(12)9(13)8-6(5)3-10-4-11-8/h2-4H,1H3. The molecule has 0 saturated heterocycles. The van der Waals surface area contributed by atoms with Crippen LogP contribution in [0.2, 0.25) is 0 Å². The zero-order chi connectivity index (χ0) is 9.42. The number of hydrogen-bond donors (Lipinski definition) is 0. The molecule has 1 aliphatic rings. The summed E-state index contributed by atoms with van der Waals surface area (Å²) < 4.78 is 0. The van der Waals surface area contributed by atoms with Gasteiger partial charge in [-0.1, -0.05) is 0 Å². The molecule has 2 rings (SSSR count). The Labute approximate surface area is 74.3 Å². The van der Waals surface area contributed by atoms with E-state index in [9.17, 15) is 9.59 Å². The van der Waals surface area contributed by atoms with Crippen molar-refractivity contribution < 1.29 is 9.59 Å². The van der Waals surface area contributed by atoms with Crippen LogP contribution >= 0.6 is 0 Å². The summed E-state index contributed by atoms with van der Waals surface area (Å²) >= 11 is 0. The summed E-state index contributed by atoms with van der Waals surface area (Å²) in [5, 5.41) is 0. The third-order valence-electron chi connectivity index (χ3n) is 1.92. The van der Waals surface area contributed by atoms with Gasteiger partial charge in [-0.05, 0) is 18.6 Å². The number of ketones is 2. The maximum Gasteiger partial charge on any atom is 0.251 e. The van der Waals surface area contributed by atoms with Gasteiger partial charge < -0.3 is 0 Å². The first-order chi connectivity index (χ1) is 6.20. The van der Waals surface area contributed by atoms with E-state index in [2.05, 4.69) is 9.97 Å². The number of aromatic nitrogens is 2. The third-order valence-corrected chi connectivity index (χ3v) is 1.92. The minimum absolute atomic E-state index is 0.208. The number of Topliss-reactive ketones (excluding diaryl/α,β-unsaturated/α-hetero) is 1. The molecule has 0 radical (unpaired) electrons. The lowest BCUT2D eigenvalue weighted by molar-refractivity contribution is -0.111. The molecule has 1 aromatic heterocycles. The highest BCUT2D eigenvalue weighted by Crippen LogP contribution is 2.21. The largest absolute Gasteiger partial charge is 0.285 e. The van der Waals surface area contributed by atoms with Crippen LogP contribution in [0.1, 0.15) is 23.0 Å². The number of fused-ring (bicyclic) bond motifs is 1. The molecule has 0 fully saturated rings.